The monoisotopic (exact) mass is 638 g/mol. The number of rotatable bonds is 0. The first-order valence-corrected chi connectivity index (χ1v) is 17.8. The van der Waals surface area contributed by atoms with E-state index in [0.717, 1.165) is 22.3 Å². The maximum Gasteiger partial charge on any atom is 0.247 e. The lowest BCUT2D eigenvalue weighted by Crippen LogP contribution is -2.58. The molecule has 0 atom stereocenters. The van der Waals surface area contributed by atoms with Crippen molar-refractivity contribution in [2.24, 2.45) is 0 Å². The highest BCUT2D eigenvalue weighted by molar-refractivity contribution is 8.01. The standard InChI is InChI=1S/C42H27BO2S2/c1-42(2,3)26-20-35-39-36(21-26)47-41-30(13-15-32-38(41)28-17-23-9-5-7-11-25(23)19-34(28)45-32)43(39)29-12-14-31-37(40(29)46-35)27-16-22-8-4-6-10-24(22)18-33(27)44-31/h4-21H,1-3H3. The number of furan rings is 2. The molecule has 9 aromatic rings. The van der Waals surface area contributed by atoms with Crippen LogP contribution in [0.2, 0.25) is 0 Å². The van der Waals surface area contributed by atoms with E-state index in [1.165, 1.54) is 84.6 Å². The minimum absolute atomic E-state index is 0.0171. The van der Waals surface area contributed by atoms with E-state index >= 15 is 0 Å². The molecule has 0 unspecified atom stereocenters. The molecule has 0 bridgehead atoms. The Bertz CT molecular complexity index is 2670. The van der Waals surface area contributed by atoms with Crippen LogP contribution in [-0.4, -0.2) is 6.71 Å². The molecule has 0 saturated heterocycles. The summed E-state index contributed by atoms with van der Waals surface area (Å²) in [5.74, 6) is 0. The number of hydrogen-bond acceptors (Lipinski definition) is 4. The van der Waals surface area contributed by atoms with Crippen molar-refractivity contribution in [2.75, 3.05) is 0 Å². The summed E-state index contributed by atoms with van der Waals surface area (Å²) >= 11 is 3.85. The van der Waals surface area contributed by atoms with E-state index in [-0.39, 0.29) is 12.1 Å². The van der Waals surface area contributed by atoms with E-state index in [2.05, 4.69) is 130 Å². The zero-order valence-corrected chi connectivity index (χ0v) is 27.7. The fraction of sp³-hybridized carbons (Fsp3) is 0.0952. The van der Waals surface area contributed by atoms with Crippen LogP contribution in [0.5, 0.6) is 0 Å². The summed E-state index contributed by atoms with van der Waals surface area (Å²) < 4.78 is 13.1. The molecule has 0 amide bonds. The molecule has 7 aromatic carbocycles. The number of benzene rings is 7. The second kappa shape index (κ2) is 9.06. The van der Waals surface area contributed by atoms with E-state index in [1.807, 2.05) is 23.5 Å². The Labute approximate surface area is 280 Å². The quantitative estimate of drug-likeness (QED) is 0.154. The van der Waals surface area contributed by atoms with Crippen molar-refractivity contribution in [1.29, 1.82) is 0 Å². The van der Waals surface area contributed by atoms with Crippen molar-refractivity contribution in [3.05, 3.63) is 115 Å². The van der Waals surface area contributed by atoms with Crippen molar-refractivity contribution >= 4 is 112 Å². The van der Waals surface area contributed by atoms with Crippen molar-refractivity contribution in [2.45, 2.75) is 45.8 Å². The summed E-state index contributed by atoms with van der Waals surface area (Å²) in [6, 6.07) is 40.2. The summed E-state index contributed by atoms with van der Waals surface area (Å²) in [5, 5.41) is 9.70. The molecule has 0 aliphatic carbocycles. The minimum atomic E-state index is 0.0171. The lowest BCUT2D eigenvalue weighted by Gasteiger charge is -2.35. The Morgan fingerprint density at radius 2 is 0.957 bits per heavy atom. The van der Waals surface area contributed by atoms with Crippen LogP contribution in [-0.2, 0) is 5.41 Å². The number of hydrogen-bond donors (Lipinski definition) is 0. The van der Waals surface area contributed by atoms with Crippen LogP contribution in [0.1, 0.15) is 26.3 Å². The Kier molecular flexibility index (Phi) is 5.11. The topological polar surface area (TPSA) is 26.3 Å². The molecule has 2 aliphatic heterocycles. The fourth-order valence-electron chi connectivity index (χ4n) is 7.94. The smallest absolute Gasteiger partial charge is 0.247 e. The molecular weight excluding hydrogens is 611 g/mol. The van der Waals surface area contributed by atoms with Crippen LogP contribution in [0, 0.1) is 0 Å². The first-order valence-electron chi connectivity index (χ1n) is 16.2. The molecule has 5 heteroatoms. The molecule has 0 saturated carbocycles. The van der Waals surface area contributed by atoms with Gasteiger partial charge in [-0.1, -0.05) is 116 Å². The Hall–Kier alpha value is -4.58. The molecule has 0 fully saturated rings. The zero-order chi connectivity index (χ0) is 31.2. The van der Waals surface area contributed by atoms with Crippen LogP contribution < -0.4 is 16.4 Å². The first kappa shape index (κ1) is 26.5. The van der Waals surface area contributed by atoms with Gasteiger partial charge in [0, 0.05) is 41.1 Å². The fourth-order valence-corrected chi connectivity index (χ4v) is 10.7. The average Bonchev–Trinajstić information content (AvgIpc) is 3.62. The van der Waals surface area contributed by atoms with Gasteiger partial charge in [0.15, 0.2) is 0 Å². The lowest BCUT2D eigenvalue weighted by atomic mass is 9.36. The van der Waals surface area contributed by atoms with Gasteiger partial charge < -0.3 is 8.83 Å². The third kappa shape index (κ3) is 3.62. The largest absolute Gasteiger partial charge is 0.456 e. The Morgan fingerprint density at radius 1 is 0.511 bits per heavy atom. The summed E-state index contributed by atoms with van der Waals surface area (Å²) in [4.78, 5) is 5.33. The molecule has 11 rings (SSSR count). The normalized spacial score (nSPS) is 14.1. The van der Waals surface area contributed by atoms with Gasteiger partial charge in [0.05, 0.1) is 0 Å². The van der Waals surface area contributed by atoms with E-state index in [1.54, 1.807) is 0 Å². The molecule has 4 heterocycles. The highest BCUT2D eigenvalue weighted by Crippen LogP contribution is 2.47. The van der Waals surface area contributed by atoms with Crippen LogP contribution in [0.3, 0.4) is 0 Å². The maximum absolute atomic E-state index is 6.57. The molecule has 222 valence electrons. The van der Waals surface area contributed by atoms with Gasteiger partial charge in [-0.15, -0.1) is 0 Å². The second-order valence-corrected chi connectivity index (χ2v) is 16.2. The molecular formula is C42H27BO2S2. The van der Waals surface area contributed by atoms with Crippen LogP contribution in [0.15, 0.2) is 138 Å². The van der Waals surface area contributed by atoms with Gasteiger partial charge in [0.1, 0.15) is 22.3 Å². The molecule has 47 heavy (non-hydrogen) atoms. The highest BCUT2D eigenvalue weighted by Gasteiger charge is 2.41. The molecule has 0 radical (unpaired) electrons. The predicted octanol–water partition coefficient (Wildman–Crippen LogP) is 10.5. The van der Waals surface area contributed by atoms with Gasteiger partial charge in [-0.25, -0.2) is 0 Å². The van der Waals surface area contributed by atoms with E-state index in [4.69, 9.17) is 8.83 Å². The molecule has 2 aromatic heterocycles. The first-order chi connectivity index (χ1) is 22.9. The number of fused-ring (bicyclic) bond motifs is 14. The summed E-state index contributed by atoms with van der Waals surface area (Å²) in [6.07, 6.45) is 0. The third-order valence-electron chi connectivity index (χ3n) is 10.3. The molecule has 0 spiro atoms. The van der Waals surface area contributed by atoms with Gasteiger partial charge in [-0.05, 0) is 86.5 Å². The van der Waals surface area contributed by atoms with Gasteiger partial charge in [-0.3, -0.25) is 0 Å². The van der Waals surface area contributed by atoms with Gasteiger partial charge in [0.2, 0.25) is 6.71 Å². The average molecular weight is 639 g/mol. The summed E-state index contributed by atoms with van der Waals surface area (Å²) in [5.41, 5.74) is 9.32. The summed E-state index contributed by atoms with van der Waals surface area (Å²) in [6.45, 7) is 7.08. The van der Waals surface area contributed by atoms with Crippen LogP contribution >= 0.6 is 23.5 Å². The Balaban J connectivity index is 1.24. The lowest BCUT2D eigenvalue weighted by molar-refractivity contribution is 0.587. The zero-order valence-electron chi connectivity index (χ0n) is 26.1. The third-order valence-corrected chi connectivity index (χ3v) is 12.7. The maximum atomic E-state index is 6.57. The second-order valence-electron chi connectivity index (χ2n) is 14.1. The highest BCUT2D eigenvalue weighted by atomic mass is 32.2. The van der Waals surface area contributed by atoms with Crippen LogP contribution in [0.4, 0.5) is 0 Å². The minimum Gasteiger partial charge on any atom is -0.456 e. The van der Waals surface area contributed by atoms with Gasteiger partial charge in [0.25, 0.3) is 0 Å². The van der Waals surface area contributed by atoms with E-state index < -0.39 is 0 Å². The van der Waals surface area contributed by atoms with Gasteiger partial charge >= 0.3 is 0 Å². The van der Waals surface area contributed by atoms with E-state index in [9.17, 15) is 0 Å². The van der Waals surface area contributed by atoms with Gasteiger partial charge in [-0.2, -0.15) is 0 Å². The van der Waals surface area contributed by atoms with Crippen LogP contribution in [0.25, 0.3) is 65.4 Å². The molecule has 0 N–H and O–H groups in total. The summed E-state index contributed by atoms with van der Waals surface area (Å²) in [7, 11) is 0. The van der Waals surface area contributed by atoms with Crippen molar-refractivity contribution in [3.8, 4) is 0 Å². The SMILES string of the molecule is CC(C)(C)c1cc2c3c(c1)Sc1c(ccc4oc5cc6ccccc6cc5c14)B3c1ccc3oc4cc5ccccc5cc4c3c1S2. The van der Waals surface area contributed by atoms with Crippen molar-refractivity contribution < 1.29 is 8.83 Å². The molecule has 2 aliphatic rings. The van der Waals surface area contributed by atoms with Crippen molar-refractivity contribution in [1.82, 2.24) is 0 Å². The predicted molar refractivity (Wildman–Crippen MR) is 200 cm³/mol. The molecule has 2 nitrogen and oxygen atoms in total. The van der Waals surface area contributed by atoms with Crippen molar-refractivity contribution in [3.63, 3.8) is 0 Å². The van der Waals surface area contributed by atoms with E-state index in [0.29, 0.717) is 0 Å². The Morgan fingerprint density at radius 3 is 1.40 bits per heavy atom.